The number of aromatic nitrogens is 5. The largest absolute Gasteiger partial charge is 0.479 e. The number of morpholine rings is 1. The van der Waals surface area contributed by atoms with Crippen LogP contribution in [-0.2, 0) is 22.4 Å². The number of carbonyl (C=O) groups excluding carboxylic acids is 1. The van der Waals surface area contributed by atoms with Crippen LogP contribution in [0.15, 0.2) is 18.6 Å². The van der Waals surface area contributed by atoms with Gasteiger partial charge < -0.3 is 19.7 Å². The van der Waals surface area contributed by atoms with Gasteiger partial charge in [0.05, 0.1) is 31.9 Å². The van der Waals surface area contributed by atoms with Gasteiger partial charge in [-0.3, -0.25) is 9.89 Å². The number of nitrogens with zero attached hydrogens (tertiary/aromatic N) is 5. The number of H-pyrrole nitrogens is 1. The van der Waals surface area contributed by atoms with Crippen molar-refractivity contribution in [2.45, 2.75) is 19.3 Å². The number of anilines is 2. The lowest BCUT2D eigenvalue weighted by molar-refractivity contribution is -0.140. The molecule has 6 rings (SSSR count). The zero-order valence-electron chi connectivity index (χ0n) is 18.1. The van der Waals surface area contributed by atoms with Crippen LogP contribution in [0.5, 0.6) is 5.88 Å². The van der Waals surface area contributed by atoms with Crippen LogP contribution in [0.2, 0.25) is 0 Å². The van der Waals surface area contributed by atoms with Crippen LogP contribution in [0.3, 0.4) is 0 Å². The van der Waals surface area contributed by atoms with E-state index in [1.54, 1.807) is 31.0 Å². The number of nitrogens with one attached hydrogen (secondary N) is 2. The molecule has 1 amide bonds. The van der Waals surface area contributed by atoms with Crippen molar-refractivity contribution in [3.63, 3.8) is 0 Å². The number of thiophene rings is 1. The summed E-state index contributed by atoms with van der Waals surface area (Å²) in [6.45, 7) is 2.62. The highest BCUT2D eigenvalue weighted by Gasteiger charge is 2.32. The summed E-state index contributed by atoms with van der Waals surface area (Å²) < 4.78 is 10.9. The Balaban J connectivity index is 1.32. The van der Waals surface area contributed by atoms with Crippen molar-refractivity contribution in [1.82, 2.24) is 30.0 Å². The lowest BCUT2D eigenvalue weighted by Gasteiger charge is -2.31. The second-order valence-electron chi connectivity index (χ2n) is 8.26. The molecule has 0 aromatic carbocycles. The lowest BCUT2D eigenvalue weighted by Crippen LogP contribution is -2.44. The average Bonchev–Trinajstić information content (AvgIpc) is 3.47. The number of rotatable bonds is 4. The molecule has 1 fully saturated rings. The standard InChI is InChI=1S/C22H23N7O3S/c1-31-20-15(8-13-10-25-28-18(13)27-20)26-19-17-14-3-2-12(22(30)29-4-6-32-7-5-29)9-16(14)33-21(17)24-11-23-19/h8,10-12H,2-7,9H2,1H3,(H,23,24,26)(H,25,27,28)/t12-/m0/s1. The Labute approximate surface area is 193 Å². The van der Waals surface area contributed by atoms with Gasteiger partial charge in [0.1, 0.15) is 22.7 Å². The molecular weight excluding hydrogens is 442 g/mol. The highest BCUT2D eigenvalue weighted by atomic mass is 32.1. The number of hydrogen-bond donors (Lipinski definition) is 2. The summed E-state index contributed by atoms with van der Waals surface area (Å²) in [6, 6.07) is 1.94. The van der Waals surface area contributed by atoms with E-state index in [0.29, 0.717) is 43.5 Å². The molecule has 1 aliphatic heterocycles. The van der Waals surface area contributed by atoms with Gasteiger partial charge in [0.15, 0.2) is 5.65 Å². The van der Waals surface area contributed by atoms with E-state index in [4.69, 9.17) is 9.47 Å². The van der Waals surface area contributed by atoms with Gasteiger partial charge in [-0.05, 0) is 30.9 Å². The maximum absolute atomic E-state index is 13.0. The van der Waals surface area contributed by atoms with E-state index in [1.807, 2.05) is 11.0 Å². The van der Waals surface area contributed by atoms with Crippen LogP contribution in [-0.4, -0.2) is 69.4 Å². The van der Waals surface area contributed by atoms with Crippen molar-refractivity contribution in [2.24, 2.45) is 5.92 Å². The van der Waals surface area contributed by atoms with Crippen LogP contribution in [0.4, 0.5) is 11.5 Å². The third kappa shape index (κ3) is 3.57. The number of hydrogen-bond acceptors (Lipinski definition) is 9. The molecular formula is C22H23N7O3S. The van der Waals surface area contributed by atoms with Crippen molar-refractivity contribution in [3.8, 4) is 5.88 Å². The summed E-state index contributed by atoms with van der Waals surface area (Å²) in [5.74, 6) is 1.44. The molecule has 5 heterocycles. The monoisotopic (exact) mass is 465 g/mol. The van der Waals surface area contributed by atoms with Crippen molar-refractivity contribution >= 4 is 50.0 Å². The summed E-state index contributed by atoms with van der Waals surface area (Å²) in [4.78, 5) is 30.7. The molecule has 0 radical (unpaired) electrons. The number of amides is 1. The lowest BCUT2D eigenvalue weighted by atomic mass is 9.86. The predicted molar refractivity (Wildman–Crippen MR) is 124 cm³/mol. The molecule has 1 saturated heterocycles. The van der Waals surface area contributed by atoms with Crippen molar-refractivity contribution in [3.05, 3.63) is 29.0 Å². The zero-order valence-corrected chi connectivity index (χ0v) is 18.9. The summed E-state index contributed by atoms with van der Waals surface area (Å²) in [6.07, 6.45) is 5.70. The van der Waals surface area contributed by atoms with Gasteiger partial charge in [-0.15, -0.1) is 11.3 Å². The molecule has 4 aromatic heterocycles. The average molecular weight is 466 g/mol. The molecule has 10 nitrogen and oxygen atoms in total. The molecule has 0 bridgehead atoms. The van der Waals surface area contributed by atoms with Gasteiger partial charge >= 0.3 is 0 Å². The third-order valence-corrected chi connectivity index (χ3v) is 7.52. The SMILES string of the molecule is COc1nc2[nH]ncc2cc1Nc1ncnc2sc3c(c12)CC[C@H](C(=O)N1CCOCC1)C3. The maximum Gasteiger partial charge on any atom is 0.239 e. The Morgan fingerprint density at radius 1 is 1.33 bits per heavy atom. The van der Waals surface area contributed by atoms with Crippen molar-refractivity contribution < 1.29 is 14.3 Å². The topological polar surface area (TPSA) is 118 Å². The fraction of sp³-hybridized carbons (Fsp3) is 0.409. The first-order valence-electron chi connectivity index (χ1n) is 11.0. The first-order chi connectivity index (χ1) is 16.2. The van der Waals surface area contributed by atoms with E-state index < -0.39 is 0 Å². The molecule has 0 unspecified atom stereocenters. The summed E-state index contributed by atoms with van der Waals surface area (Å²) in [5, 5.41) is 12.2. The van der Waals surface area contributed by atoms with Crippen molar-refractivity contribution in [2.75, 3.05) is 38.7 Å². The highest BCUT2D eigenvalue weighted by molar-refractivity contribution is 7.19. The number of aromatic amines is 1. The number of methoxy groups -OCH3 is 1. The fourth-order valence-electron chi connectivity index (χ4n) is 4.69. The highest BCUT2D eigenvalue weighted by Crippen LogP contribution is 2.41. The molecule has 2 N–H and O–H groups in total. The second kappa shape index (κ2) is 8.23. The fourth-order valence-corrected chi connectivity index (χ4v) is 5.96. The second-order valence-corrected chi connectivity index (χ2v) is 9.35. The number of carbonyl (C=O) groups is 1. The summed E-state index contributed by atoms with van der Waals surface area (Å²) in [7, 11) is 1.59. The first-order valence-corrected chi connectivity index (χ1v) is 11.8. The molecule has 170 valence electrons. The quantitative estimate of drug-likeness (QED) is 0.472. The van der Waals surface area contributed by atoms with Crippen LogP contribution >= 0.6 is 11.3 Å². The summed E-state index contributed by atoms with van der Waals surface area (Å²) >= 11 is 1.66. The van der Waals surface area contributed by atoms with E-state index >= 15 is 0 Å². The Morgan fingerprint density at radius 3 is 3.06 bits per heavy atom. The minimum atomic E-state index is 0.0147. The van der Waals surface area contributed by atoms with E-state index in [2.05, 4.69) is 30.5 Å². The van der Waals surface area contributed by atoms with Gasteiger partial charge in [-0.1, -0.05) is 0 Å². The van der Waals surface area contributed by atoms with E-state index in [9.17, 15) is 4.79 Å². The molecule has 0 saturated carbocycles. The van der Waals surface area contributed by atoms with Gasteiger partial charge in [0.2, 0.25) is 11.8 Å². The summed E-state index contributed by atoms with van der Waals surface area (Å²) in [5.41, 5.74) is 2.61. The molecule has 1 atom stereocenters. The third-order valence-electron chi connectivity index (χ3n) is 6.35. The minimum absolute atomic E-state index is 0.0147. The maximum atomic E-state index is 13.0. The predicted octanol–water partition coefficient (Wildman–Crippen LogP) is 2.68. The van der Waals surface area contributed by atoms with Gasteiger partial charge in [0.25, 0.3) is 0 Å². The van der Waals surface area contributed by atoms with Crippen LogP contribution < -0.4 is 10.1 Å². The van der Waals surface area contributed by atoms with E-state index in [1.165, 1.54) is 10.4 Å². The zero-order chi connectivity index (χ0) is 22.4. The van der Waals surface area contributed by atoms with Gasteiger partial charge in [-0.25, -0.2) is 9.97 Å². The molecule has 4 aromatic rings. The molecule has 33 heavy (non-hydrogen) atoms. The van der Waals surface area contributed by atoms with Gasteiger partial charge in [0, 0.05) is 29.3 Å². The molecule has 0 spiro atoms. The Hall–Kier alpha value is -3.31. The Bertz CT molecular complexity index is 1340. The smallest absolute Gasteiger partial charge is 0.239 e. The van der Waals surface area contributed by atoms with Crippen LogP contribution in [0, 0.1) is 5.92 Å². The van der Waals surface area contributed by atoms with Gasteiger partial charge in [-0.2, -0.15) is 10.1 Å². The van der Waals surface area contributed by atoms with Crippen LogP contribution in [0.1, 0.15) is 16.9 Å². The normalized spacial score (nSPS) is 18.5. The van der Waals surface area contributed by atoms with Crippen LogP contribution in [0.25, 0.3) is 21.3 Å². The minimum Gasteiger partial charge on any atom is -0.479 e. The van der Waals surface area contributed by atoms with E-state index in [0.717, 1.165) is 40.7 Å². The number of pyridine rings is 1. The number of aryl methyl sites for hydroxylation is 1. The number of fused-ring (bicyclic) bond motifs is 4. The number of ether oxygens (including phenoxy) is 2. The van der Waals surface area contributed by atoms with Crippen molar-refractivity contribution in [1.29, 1.82) is 0 Å². The molecule has 11 heteroatoms. The molecule has 2 aliphatic rings. The Morgan fingerprint density at radius 2 is 2.21 bits per heavy atom. The molecule has 1 aliphatic carbocycles. The Kier molecular flexibility index (Phi) is 5.07. The first kappa shape index (κ1) is 20.3. The van der Waals surface area contributed by atoms with E-state index in [-0.39, 0.29) is 11.8 Å².